The number of amides is 1. The summed E-state index contributed by atoms with van der Waals surface area (Å²) in [6, 6.07) is 1.55. The lowest BCUT2D eigenvalue weighted by Gasteiger charge is -2.37. The Kier molecular flexibility index (Phi) is 4.81. The van der Waals surface area contributed by atoms with Crippen molar-refractivity contribution < 1.29 is 36.2 Å². The number of rotatable bonds is 4. The van der Waals surface area contributed by atoms with Gasteiger partial charge in [0.25, 0.3) is 5.92 Å². The summed E-state index contributed by atoms with van der Waals surface area (Å²) in [6.45, 7) is -2.73. The number of aromatic hydroxyl groups is 1. The summed E-state index contributed by atoms with van der Waals surface area (Å²) in [7, 11) is 0. The van der Waals surface area contributed by atoms with E-state index in [-0.39, 0.29) is 11.4 Å². The van der Waals surface area contributed by atoms with Gasteiger partial charge in [0, 0.05) is 23.4 Å². The van der Waals surface area contributed by atoms with Gasteiger partial charge >= 0.3 is 6.18 Å². The lowest BCUT2D eigenvalue weighted by atomic mass is 10.0. The average molecular weight is 406 g/mol. The predicted molar refractivity (Wildman–Crippen MR) is 83.8 cm³/mol. The minimum atomic E-state index is -4.92. The molecule has 0 atom stereocenters. The molecule has 0 spiro atoms. The molecule has 6 nitrogen and oxygen atoms in total. The fourth-order valence-electron chi connectivity index (χ4n) is 2.53. The molecule has 28 heavy (non-hydrogen) atoms. The number of benzene rings is 1. The molecule has 1 aromatic carbocycles. The number of carbonyl (C=O) groups is 1. The number of nitrogens with zero attached hydrogens (tertiary/aromatic N) is 4. The Bertz CT molecular complexity index is 930. The number of phenols is 1. The lowest BCUT2D eigenvalue weighted by molar-refractivity contribution is -0.160. The van der Waals surface area contributed by atoms with Gasteiger partial charge in [0.1, 0.15) is 18.8 Å². The molecule has 1 aromatic heterocycles. The molecular formula is C16H12F6N4O2. The number of carbonyl (C=O) groups excluding carboxylic acids is 1. The molecular weight excluding hydrogens is 394 g/mol. The van der Waals surface area contributed by atoms with Gasteiger partial charge in [0.05, 0.1) is 18.7 Å². The van der Waals surface area contributed by atoms with Crippen LogP contribution < -0.4 is 0 Å². The summed E-state index contributed by atoms with van der Waals surface area (Å²) in [5, 5.41) is 13.4. The van der Waals surface area contributed by atoms with Crippen molar-refractivity contribution in [1.29, 1.82) is 0 Å². The van der Waals surface area contributed by atoms with Crippen molar-refractivity contribution in [1.82, 2.24) is 19.7 Å². The molecule has 0 saturated carbocycles. The average Bonchev–Trinajstić information content (AvgIpc) is 3.05. The normalized spacial score (nSPS) is 16.4. The summed E-state index contributed by atoms with van der Waals surface area (Å²) < 4.78 is 78.4. The van der Waals surface area contributed by atoms with E-state index in [9.17, 15) is 36.2 Å². The van der Waals surface area contributed by atoms with Crippen molar-refractivity contribution in [3.63, 3.8) is 0 Å². The van der Waals surface area contributed by atoms with Crippen LogP contribution in [0.15, 0.2) is 24.5 Å². The molecule has 150 valence electrons. The standard InChI is InChI=1S/C16H12F6N4O2/c17-5-10-3-9(4-11(13(10)28)16(20,21)22)14-23-8-26(24-14)2-1-12(27)25-6-15(18,19)7-25/h1-4,8,28H,5-7H2/b2-1-. The van der Waals surface area contributed by atoms with E-state index in [1.165, 1.54) is 0 Å². The second-order valence-corrected chi connectivity index (χ2v) is 6.08. The molecule has 0 radical (unpaired) electrons. The highest BCUT2D eigenvalue weighted by Crippen LogP contribution is 2.40. The SMILES string of the molecule is O=C(/C=C\n1cnc(-c2cc(CF)c(O)c(C(F)(F)F)c2)n1)N1CC(F)(F)C1. The molecule has 2 aromatic rings. The molecule has 0 unspecified atom stereocenters. The number of alkyl halides is 6. The molecule has 1 aliphatic heterocycles. The quantitative estimate of drug-likeness (QED) is 0.626. The maximum atomic E-state index is 13.0. The molecule has 1 amide bonds. The summed E-state index contributed by atoms with van der Waals surface area (Å²) >= 11 is 0. The van der Waals surface area contributed by atoms with Gasteiger partial charge in [-0.2, -0.15) is 13.2 Å². The van der Waals surface area contributed by atoms with E-state index in [0.29, 0.717) is 6.07 Å². The third kappa shape index (κ3) is 3.94. The highest BCUT2D eigenvalue weighted by molar-refractivity contribution is 5.90. The number of phenolic OH excluding ortho intramolecular Hbond substituents is 1. The first-order chi connectivity index (χ1) is 13.0. The van der Waals surface area contributed by atoms with Gasteiger partial charge in [-0.3, -0.25) is 4.79 Å². The predicted octanol–water partition coefficient (Wildman–Crippen LogP) is 3.09. The van der Waals surface area contributed by atoms with E-state index >= 15 is 0 Å². The first-order valence-corrected chi connectivity index (χ1v) is 7.76. The summed E-state index contributed by atoms with van der Waals surface area (Å²) in [6.07, 6.45) is -1.80. The molecule has 1 aliphatic rings. The van der Waals surface area contributed by atoms with Gasteiger partial charge < -0.3 is 10.0 Å². The Morgan fingerprint density at radius 1 is 1.29 bits per heavy atom. The first kappa shape index (κ1) is 19.7. The van der Waals surface area contributed by atoms with Gasteiger partial charge in [-0.15, -0.1) is 5.10 Å². The zero-order valence-corrected chi connectivity index (χ0v) is 13.9. The fraction of sp³-hybridized carbons (Fsp3) is 0.312. The van der Waals surface area contributed by atoms with Crippen molar-refractivity contribution in [2.75, 3.05) is 13.1 Å². The number of hydrogen-bond donors (Lipinski definition) is 1. The molecule has 0 bridgehead atoms. The van der Waals surface area contributed by atoms with Crippen LogP contribution in [0.25, 0.3) is 17.6 Å². The minimum absolute atomic E-state index is 0.196. The number of halogens is 6. The smallest absolute Gasteiger partial charge is 0.419 e. The summed E-state index contributed by atoms with van der Waals surface area (Å²) in [5.74, 6) is -5.03. The third-order valence-corrected chi connectivity index (χ3v) is 3.93. The van der Waals surface area contributed by atoms with Crippen LogP contribution in [0.5, 0.6) is 5.75 Å². The highest BCUT2D eigenvalue weighted by atomic mass is 19.4. The van der Waals surface area contributed by atoms with Crippen LogP contribution in [0.1, 0.15) is 11.1 Å². The van der Waals surface area contributed by atoms with Crippen LogP contribution >= 0.6 is 0 Å². The molecule has 3 rings (SSSR count). The van der Waals surface area contributed by atoms with E-state index in [0.717, 1.165) is 34.3 Å². The topological polar surface area (TPSA) is 71.2 Å². The van der Waals surface area contributed by atoms with Gasteiger partial charge in [-0.25, -0.2) is 22.8 Å². The first-order valence-electron chi connectivity index (χ1n) is 7.76. The molecule has 1 saturated heterocycles. The van der Waals surface area contributed by atoms with Crippen molar-refractivity contribution in [3.8, 4) is 17.1 Å². The van der Waals surface area contributed by atoms with Gasteiger partial charge in [-0.05, 0) is 12.1 Å². The molecule has 0 aliphatic carbocycles. The monoisotopic (exact) mass is 406 g/mol. The molecule has 2 heterocycles. The Hall–Kier alpha value is -3.05. The highest BCUT2D eigenvalue weighted by Gasteiger charge is 2.45. The molecule has 12 heteroatoms. The fourth-order valence-corrected chi connectivity index (χ4v) is 2.53. The van der Waals surface area contributed by atoms with Crippen LogP contribution in [0, 0.1) is 0 Å². The second kappa shape index (κ2) is 6.84. The molecule has 1 N–H and O–H groups in total. The van der Waals surface area contributed by atoms with Crippen molar-refractivity contribution in [2.24, 2.45) is 0 Å². The van der Waals surface area contributed by atoms with Gasteiger partial charge in [0.2, 0.25) is 5.91 Å². The van der Waals surface area contributed by atoms with Gasteiger partial charge in [-0.1, -0.05) is 0 Å². The van der Waals surface area contributed by atoms with Crippen LogP contribution in [0.2, 0.25) is 0 Å². The number of likely N-dealkylation sites (tertiary alicyclic amines) is 1. The van der Waals surface area contributed by atoms with E-state index in [1.54, 1.807) is 0 Å². The van der Waals surface area contributed by atoms with E-state index in [1.807, 2.05) is 0 Å². The van der Waals surface area contributed by atoms with Crippen molar-refractivity contribution >= 4 is 12.1 Å². The maximum Gasteiger partial charge on any atom is 0.419 e. The van der Waals surface area contributed by atoms with Crippen LogP contribution in [-0.4, -0.2) is 49.7 Å². The maximum absolute atomic E-state index is 13.0. The lowest BCUT2D eigenvalue weighted by Crippen LogP contribution is -2.58. The number of hydrogen-bond acceptors (Lipinski definition) is 4. The van der Waals surface area contributed by atoms with Crippen LogP contribution in [-0.2, 0) is 17.6 Å². The largest absolute Gasteiger partial charge is 0.507 e. The summed E-state index contributed by atoms with van der Waals surface area (Å²) in [5.41, 5.74) is -2.21. The minimum Gasteiger partial charge on any atom is -0.507 e. The Balaban J connectivity index is 1.82. The van der Waals surface area contributed by atoms with E-state index < -0.39 is 54.6 Å². The van der Waals surface area contributed by atoms with E-state index in [4.69, 9.17) is 0 Å². The Labute approximate surface area is 153 Å². The Morgan fingerprint density at radius 2 is 1.96 bits per heavy atom. The number of aromatic nitrogens is 3. The molecule has 1 fully saturated rings. The zero-order chi connectivity index (χ0) is 20.7. The van der Waals surface area contributed by atoms with Crippen LogP contribution in [0.3, 0.4) is 0 Å². The van der Waals surface area contributed by atoms with Crippen LogP contribution in [0.4, 0.5) is 26.3 Å². The summed E-state index contributed by atoms with van der Waals surface area (Å²) in [4.78, 5) is 16.4. The van der Waals surface area contributed by atoms with E-state index in [2.05, 4.69) is 10.1 Å². The zero-order valence-electron chi connectivity index (χ0n) is 13.9. The third-order valence-electron chi connectivity index (χ3n) is 3.93. The van der Waals surface area contributed by atoms with Crippen molar-refractivity contribution in [2.45, 2.75) is 18.8 Å². The Morgan fingerprint density at radius 3 is 2.54 bits per heavy atom. The second-order valence-electron chi connectivity index (χ2n) is 6.08. The van der Waals surface area contributed by atoms with Gasteiger partial charge in [0.15, 0.2) is 5.82 Å². The van der Waals surface area contributed by atoms with Crippen molar-refractivity contribution in [3.05, 3.63) is 35.7 Å².